The molecule has 0 bridgehead atoms. The first-order valence-corrected chi connectivity index (χ1v) is 8.66. The summed E-state index contributed by atoms with van der Waals surface area (Å²) in [6, 6.07) is 6.07. The van der Waals surface area contributed by atoms with Gasteiger partial charge in [-0.25, -0.2) is 0 Å². The highest BCUT2D eigenvalue weighted by Gasteiger charge is 2.15. The van der Waals surface area contributed by atoms with Crippen LogP contribution in [0.25, 0.3) is 0 Å². The van der Waals surface area contributed by atoms with E-state index in [1.165, 1.54) is 16.4 Å². The highest BCUT2D eigenvalue weighted by Crippen LogP contribution is 2.21. The SMILES string of the molecule is Cc1cc(I)ccc1NC(=O)CSC1CCNCC1. The average Bonchev–Trinajstić information content (AvgIpc) is 2.41. The van der Waals surface area contributed by atoms with E-state index in [1.807, 2.05) is 19.1 Å². The molecule has 2 rings (SSSR count). The van der Waals surface area contributed by atoms with Crippen molar-refractivity contribution in [3.8, 4) is 0 Å². The van der Waals surface area contributed by atoms with Gasteiger partial charge in [0.15, 0.2) is 0 Å². The maximum atomic E-state index is 11.9. The van der Waals surface area contributed by atoms with Crippen molar-refractivity contribution in [2.24, 2.45) is 0 Å². The van der Waals surface area contributed by atoms with Gasteiger partial charge in [-0.2, -0.15) is 0 Å². The fourth-order valence-corrected chi connectivity index (χ4v) is 3.78. The summed E-state index contributed by atoms with van der Waals surface area (Å²) < 4.78 is 1.19. The van der Waals surface area contributed by atoms with Crippen LogP contribution in [0.5, 0.6) is 0 Å². The first-order chi connectivity index (χ1) is 9.15. The van der Waals surface area contributed by atoms with Crippen LogP contribution in [0, 0.1) is 10.5 Å². The van der Waals surface area contributed by atoms with Gasteiger partial charge in [0.25, 0.3) is 0 Å². The summed E-state index contributed by atoms with van der Waals surface area (Å²) in [6.45, 7) is 4.18. The minimum Gasteiger partial charge on any atom is -0.325 e. The number of carbonyl (C=O) groups is 1. The lowest BCUT2D eigenvalue weighted by molar-refractivity contribution is -0.113. The van der Waals surface area contributed by atoms with E-state index in [1.54, 1.807) is 11.8 Å². The predicted octanol–water partition coefficient (Wildman–Crippen LogP) is 3.02. The lowest BCUT2D eigenvalue weighted by Crippen LogP contribution is -2.30. The molecule has 0 unspecified atom stereocenters. The Hall–Kier alpha value is -0.270. The molecule has 0 spiro atoms. The maximum Gasteiger partial charge on any atom is 0.234 e. The van der Waals surface area contributed by atoms with Crippen LogP contribution in [0.2, 0.25) is 0 Å². The van der Waals surface area contributed by atoms with Gasteiger partial charge in [0.1, 0.15) is 0 Å². The molecule has 0 radical (unpaired) electrons. The van der Waals surface area contributed by atoms with Gasteiger partial charge < -0.3 is 10.6 Å². The van der Waals surface area contributed by atoms with E-state index in [2.05, 4.69) is 39.3 Å². The van der Waals surface area contributed by atoms with Crippen LogP contribution in [0.3, 0.4) is 0 Å². The molecule has 19 heavy (non-hydrogen) atoms. The second kappa shape index (κ2) is 7.50. The average molecular weight is 390 g/mol. The van der Waals surface area contributed by atoms with E-state index in [9.17, 15) is 4.79 Å². The molecule has 1 aromatic rings. The van der Waals surface area contributed by atoms with Crippen LogP contribution >= 0.6 is 34.4 Å². The lowest BCUT2D eigenvalue weighted by Gasteiger charge is -2.21. The van der Waals surface area contributed by atoms with Gasteiger partial charge in [0.05, 0.1) is 5.75 Å². The first-order valence-electron chi connectivity index (χ1n) is 6.53. The number of hydrogen-bond acceptors (Lipinski definition) is 3. The van der Waals surface area contributed by atoms with Crippen molar-refractivity contribution in [3.05, 3.63) is 27.3 Å². The number of carbonyl (C=O) groups excluding carboxylic acids is 1. The highest BCUT2D eigenvalue weighted by atomic mass is 127. The molecule has 0 aliphatic carbocycles. The number of halogens is 1. The predicted molar refractivity (Wildman–Crippen MR) is 90.9 cm³/mol. The van der Waals surface area contributed by atoms with E-state index >= 15 is 0 Å². The standard InChI is InChI=1S/C14H19IN2OS/c1-10-8-11(15)2-3-13(10)17-14(18)9-19-12-4-6-16-7-5-12/h2-3,8,12,16H,4-7,9H2,1H3,(H,17,18). The molecule has 1 fully saturated rings. The van der Waals surface area contributed by atoms with Crippen LogP contribution in [0.4, 0.5) is 5.69 Å². The van der Waals surface area contributed by atoms with Gasteiger partial charge in [-0.1, -0.05) is 0 Å². The first kappa shape index (κ1) is 15.1. The van der Waals surface area contributed by atoms with E-state index in [0.29, 0.717) is 11.0 Å². The zero-order valence-corrected chi connectivity index (χ0v) is 14.0. The summed E-state index contributed by atoms with van der Waals surface area (Å²) in [7, 11) is 0. The van der Waals surface area contributed by atoms with E-state index in [4.69, 9.17) is 0 Å². The van der Waals surface area contributed by atoms with Gasteiger partial charge >= 0.3 is 0 Å². The van der Waals surface area contributed by atoms with Gasteiger partial charge in [-0.3, -0.25) is 4.79 Å². The molecule has 0 aromatic heterocycles. The second-order valence-corrected chi connectivity index (χ2v) is 7.30. The number of thioether (sulfide) groups is 1. The zero-order valence-electron chi connectivity index (χ0n) is 11.0. The number of rotatable bonds is 4. The molecule has 1 aliphatic heterocycles. The van der Waals surface area contributed by atoms with Gasteiger partial charge in [-0.05, 0) is 79.2 Å². The number of anilines is 1. The molecule has 1 saturated heterocycles. The maximum absolute atomic E-state index is 11.9. The highest BCUT2D eigenvalue weighted by molar-refractivity contribution is 14.1. The van der Waals surface area contributed by atoms with Crippen LogP contribution in [0.15, 0.2) is 18.2 Å². The fourth-order valence-electron chi connectivity index (χ4n) is 2.11. The summed E-state index contributed by atoms with van der Waals surface area (Å²) >= 11 is 4.06. The topological polar surface area (TPSA) is 41.1 Å². The molecule has 5 heteroatoms. The van der Waals surface area contributed by atoms with Crippen LogP contribution in [0.1, 0.15) is 18.4 Å². The third kappa shape index (κ3) is 4.96. The van der Waals surface area contributed by atoms with Crippen molar-refractivity contribution in [3.63, 3.8) is 0 Å². The largest absolute Gasteiger partial charge is 0.325 e. The van der Waals surface area contributed by atoms with Crippen LogP contribution < -0.4 is 10.6 Å². The summed E-state index contributed by atoms with van der Waals surface area (Å²) in [4.78, 5) is 11.9. The third-order valence-corrected chi connectivity index (χ3v) is 5.24. The Balaban J connectivity index is 1.80. The monoisotopic (exact) mass is 390 g/mol. The number of nitrogens with one attached hydrogen (secondary N) is 2. The molecule has 0 atom stereocenters. The number of amides is 1. The van der Waals surface area contributed by atoms with E-state index < -0.39 is 0 Å². The number of benzene rings is 1. The summed E-state index contributed by atoms with van der Waals surface area (Å²) in [5.74, 6) is 0.656. The summed E-state index contributed by atoms with van der Waals surface area (Å²) in [5, 5.41) is 6.97. The van der Waals surface area contributed by atoms with Crippen molar-refractivity contribution < 1.29 is 4.79 Å². The Morgan fingerprint density at radius 2 is 2.21 bits per heavy atom. The quantitative estimate of drug-likeness (QED) is 0.777. The van der Waals surface area contributed by atoms with E-state index in [-0.39, 0.29) is 5.91 Å². The van der Waals surface area contributed by atoms with Crippen molar-refractivity contribution >= 4 is 45.9 Å². The van der Waals surface area contributed by atoms with Crippen LogP contribution in [-0.4, -0.2) is 30.0 Å². The zero-order chi connectivity index (χ0) is 13.7. The Bertz CT molecular complexity index is 447. The van der Waals surface area contributed by atoms with Crippen molar-refractivity contribution in [1.82, 2.24) is 5.32 Å². The van der Waals surface area contributed by atoms with Crippen molar-refractivity contribution in [2.45, 2.75) is 25.0 Å². The summed E-state index contributed by atoms with van der Waals surface area (Å²) in [6.07, 6.45) is 2.33. The third-order valence-electron chi connectivity index (χ3n) is 3.20. The van der Waals surface area contributed by atoms with Crippen molar-refractivity contribution in [1.29, 1.82) is 0 Å². The number of piperidine rings is 1. The fraction of sp³-hybridized carbons (Fsp3) is 0.500. The molecule has 1 amide bonds. The summed E-state index contributed by atoms with van der Waals surface area (Å²) in [5.41, 5.74) is 2.04. The Labute approximate surface area is 132 Å². The minimum absolute atomic E-state index is 0.104. The normalized spacial score (nSPS) is 16.3. The Kier molecular flexibility index (Phi) is 5.97. The van der Waals surface area contributed by atoms with Gasteiger partial charge in [-0.15, -0.1) is 11.8 Å². The van der Waals surface area contributed by atoms with E-state index in [0.717, 1.165) is 24.3 Å². The Morgan fingerprint density at radius 1 is 1.47 bits per heavy atom. The molecule has 104 valence electrons. The second-order valence-electron chi connectivity index (χ2n) is 4.77. The smallest absolute Gasteiger partial charge is 0.234 e. The minimum atomic E-state index is 0.104. The molecule has 2 N–H and O–H groups in total. The number of aryl methyl sites for hydroxylation is 1. The Morgan fingerprint density at radius 3 is 2.89 bits per heavy atom. The molecule has 1 aromatic carbocycles. The molecular weight excluding hydrogens is 371 g/mol. The molecular formula is C14H19IN2OS. The molecule has 3 nitrogen and oxygen atoms in total. The van der Waals surface area contributed by atoms with Gasteiger partial charge in [0, 0.05) is 14.5 Å². The molecule has 0 saturated carbocycles. The lowest BCUT2D eigenvalue weighted by atomic mass is 10.2. The van der Waals surface area contributed by atoms with Crippen molar-refractivity contribution in [2.75, 3.05) is 24.2 Å². The number of hydrogen-bond donors (Lipinski definition) is 2. The van der Waals surface area contributed by atoms with Crippen LogP contribution in [-0.2, 0) is 4.79 Å². The molecule has 1 aliphatic rings. The molecule has 1 heterocycles. The van der Waals surface area contributed by atoms with Gasteiger partial charge in [0.2, 0.25) is 5.91 Å².